The maximum absolute atomic E-state index is 12.9. The SMILES string of the molecule is COc1cc(OC)c(/C=C/C(=O)Nc2ccc(OC)c(OC(=O)c3ccc(N4CCN(C)CC4)cc3)c2)c(OC)c1. The first-order valence-corrected chi connectivity index (χ1v) is 13.1. The van der Waals surface area contributed by atoms with E-state index >= 15 is 0 Å². The van der Waals surface area contributed by atoms with Gasteiger partial charge in [0.05, 0.1) is 39.6 Å². The van der Waals surface area contributed by atoms with Crippen LogP contribution in [-0.4, -0.2) is 78.4 Å². The van der Waals surface area contributed by atoms with Crippen LogP contribution in [0, 0.1) is 0 Å². The van der Waals surface area contributed by atoms with Gasteiger partial charge < -0.3 is 38.8 Å². The van der Waals surface area contributed by atoms with Crippen molar-refractivity contribution < 1.29 is 33.3 Å². The summed E-state index contributed by atoms with van der Waals surface area (Å²) in [5.74, 6) is 1.13. The number of hydrogen-bond donors (Lipinski definition) is 1. The number of methoxy groups -OCH3 is 4. The van der Waals surface area contributed by atoms with Gasteiger partial charge in [0.15, 0.2) is 11.5 Å². The van der Waals surface area contributed by atoms with Crippen molar-refractivity contribution in [1.29, 1.82) is 0 Å². The number of esters is 1. The number of anilines is 2. The summed E-state index contributed by atoms with van der Waals surface area (Å²) in [4.78, 5) is 30.3. The molecule has 0 saturated carbocycles. The van der Waals surface area contributed by atoms with Crippen molar-refractivity contribution in [2.24, 2.45) is 0 Å². The number of ether oxygens (including phenoxy) is 5. The normalized spacial score (nSPS) is 13.5. The summed E-state index contributed by atoms with van der Waals surface area (Å²) in [6.07, 6.45) is 2.94. The van der Waals surface area contributed by atoms with Crippen molar-refractivity contribution in [2.45, 2.75) is 0 Å². The van der Waals surface area contributed by atoms with Crippen molar-refractivity contribution in [3.8, 4) is 28.7 Å². The van der Waals surface area contributed by atoms with E-state index in [1.54, 1.807) is 49.6 Å². The van der Waals surface area contributed by atoms with Gasteiger partial charge >= 0.3 is 5.97 Å². The first kappa shape index (κ1) is 29.3. The number of nitrogens with zero attached hydrogens (tertiary/aromatic N) is 2. The maximum Gasteiger partial charge on any atom is 0.343 e. The summed E-state index contributed by atoms with van der Waals surface area (Å²) in [7, 11) is 8.18. The molecule has 0 aliphatic carbocycles. The summed E-state index contributed by atoms with van der Waals surface area (Å²) in [6.45, 7) is 3.87. The Balaban J connectivity index is 1.45. The van der Waals surface area contributed by atoms with E-state index in [0.29, 0.717) is 39.8 Å². The standard InChI is InChI=1S/C31H35N3O7/c1-33-14-16-34(17-15-33)23-9-6-21(7-10-23)31(36)41-29-18-22(8-12-26(29)38-3)32-30(35)13-11-25-27(39-4)19-24(37-2)20-28(25)40-5/h6-13,18-20H,14-17H2,1-5H3,(H,32,35)/b13-11+. The molecule has 1 aliphatic heterocycles. The van der Waals surface area contributed by atoms with E-state index in [0.717, 1.165) is 31.9 Å². The largest absolute Gasteiger partial charge is 0.496 e. The Morgan fingerprint density at radius 2 is 1.39 bits per heavy atom. The Labute approximate surface area is 240 Å². The van der Waals surface area contributed by atoms with Gasteiger partial charge in [-0.15, -0.1) is 0 Å². The smallest absolute Gasteiger partial charge is 0.343 e. The molecule has 216 valence electrons. The zero-order valence-corrected chi connectivity index (χ0v) is 23.9. The molecule has 0 radical (unpaired) electrons. The molecule has 4 rings (SSSR count). The molecule has 1 saturated heterocycles. The van der Waals surface area contributed by atoms with Crippen LogP contribution < -0.4 is 33.9 Å². The maximum atomic E-state index is 12.9. The lowest BCUT2D eigenvalue weighted by Crippen LogP contribution is -2.44. The number of likely N-dealkylation sites (N-methyl/N-ethyl adjacent to an activating group) is 1. The number of nitrogens with one attached hydrogen (secondary N) is 1. The fourth-order valence-electron chi connectivity index (χ4n) is 4.41. The third-order valence-electron chi connectivity index (χ3n) is 6.76. The predicted molar refractivity (Wildman–Crippen MR) is 158 cm³/mol. The molecule has 1 fully saturated rings. The molecular weight excluding hydrogens is 526 g/mol. The number of rotatable bonds is 10. The van der Waals surface area contributed by atoms with Gasteiger partial charge in [0.2, 0.25) is 5.91 Å². The highest BCUT2D eigenvalue weighted by Gasteiger charge is 2.17. The van der Waals surface area contributed by atoms with Crippen molar-refractivity contribution in [3.63, 3.8) is 0 Å². The lowest BCUT2D eigenvalue weighted by Gasteiger charge is -2.34. The van der Waals surface area contributed by atoms with Gasteiger partial charge in [-0.2, -0.15) is 0 Å². The number of benzene rings is 3. The average molecular weight is 562 g/mol. The molecule has 1 aliphatic rings. The minimum atomic E-state index is -0.532. The third-order valence-corrected chi connectivity index (χ3v) is 6.76. The topological polar surface area (TPSA) is 98.8 Å². The van der Waals surface area contributed by atoms with E-state index in [2.05, 4.69) is 22.2 Å². The van der Waals surface area contributed by atoms with Gasteiger partial charge in [0, 0.05) is 61.8 Å². The zero-order chi connectivity index (χ0) is 29.4. The van der Waals surface area contributed by atoms with E-state index in [9.17, 15) is 9.59 Å². The summed E-state index contributed by atoms with van der Waals surface area (Å²) < 4.78 is 27.1. The molecule has 10 nitrogen and oxygen atoms in total. The number of hydrogen-bond acceptors (Lipinski definition) is 9. The van der Waals surface area contributed by atoms with Gasteiger partial charge in [-0.1, -0.05) is 0 Å². The second kappa shape index (κ2) is 13.6. The minimum absolute atomic E-state index is 0.181. The highest BCUT2D eigenvalue weighted by atomic mass is 16.6. The fraction of sp³-hybridized carbons (Fsp3) is 0.290. The first-order chi connectivity index (χ1) is 19.8. The van der Waals surface area contributed by atoms with Crippen LogP contribution in [0.5, 0.6) is 28.7 Å². The molecule has 0 aromatic heterocycles. The first-order valence-electron chi connectivity index (χ1n) is 13.1. The Hall–Kier alpha value is -4.70. The fourth-order valence-corrected chi connectivity index (χ4v) is 4.41. The molecule has 0 atom stereocenters. The molecule has 0 bridgehead atoms. The van der Waals surface area contributed by atoms with Crippen LogP contribution in [0.3, 0.4) is 0 Å². The number of carbonyl (C=O) groups excluding carboxylic acids is 2. The molecule has 41 heavy (non-hydrogen) atoms. The Bertz CT molecular complexity index is 1370. The molecule has 3 aromatic rings. The number of piperazine rings is 1. The molecule has 1 amide bonds. The summed E-state index contributed by atoms with van der Waals surface area (Å²) in [5.41, 5.74) is 2.47. The van der Waals surface area contributed by atoms with Crippen molar-refractivity contribution in [2.75, 3.05) is 71.9 Å². The second-order valence-corrected chi connectivity index (χ2v) is 9.36. The molecule has 0 unspecified atom stereocenters. The van der Waals surface area contributed by atoms with E-state index in [1.165, 1.54) is 33.5 Å². The van der Waals surface area contributed by atoms with Gasteiger partial charge in [-0.25, -0.2) is 4.79 Å². The third kappa shape index (κ3) is 7.29. The molecule has 1 heterocycles. The van der Waals surface area contributed by atoms with Gasteiger partial charge in [-0.05, 0) is 49.5 Å². The van der Waals surface area contributed by atoms with Crippen LogP contribution in [0.4, 0.5) is 11.4 Å². The minimum Gasteiger partial charge on any atom is -0.496 e. The van der Waals surface area contributed by atoms with Crippen molar-refractivity contribution in [1.82, 2.24) is 4.90 Å². The van der Waals surface area contributed by atoms with E-state index in [1.807, 2.05) is 12.1 Å². The van der Waals surface area contributed by atoms with Crippen LogP contribution in [0.1, 0.15) is 15.9 Å². The number of amides is 1. The molecule has 0 spiro atoms. The van der Waals surface area contributed by atoms with Crippen molar-refractivity contribution in [3.05, 3.63) is 71.8 Å². The summed E-state index contributed by atoms with van der Waals surface area (Å²) in [5, 5.41) is 2.77. The van der Waals surface area contributed by atoms with Gasteiger partial charge in [0.1, 0.15) is 17.2 Å². The van der Waals surface area contributed by atoms with Gasteiger partial charge in [-0.3, -0.25) is 4.79 Å². The van der Waals surface area contributed by atoms with Crippen LogP contribution in [0.25, 0.3) is 6.08 Å². The highest BCUT2D eigenvalue weighted by Crippen LogP contribution is 2.35. The van der Waals surface area contributed by atoms with Crippen LogP contribution >= 0.6 is 0 Å². The summed E-state index contributed by atoms with van der Waals surface area (Å²) in [6, 6.07) is 15.6. The van der Waals surface area contributed by atoms with Crippen LogP contribution in [-0.2, 0) is 4.79 Å². The molecule has 10 heteroatoms. The zero-order valence-electron chi connectivity index (χ0n) is 23.9. The molecule has 1 N–H and O–H groups in total. The quantitative estimate of drug-likeness (QED) is 0.220. The lowest BCUT2D eigenvalue weighted by molar-refractivity contribution is -0.111. The Kier molecular flexibility index (Phi) is 9.70. The molecule has 3 aromatic carbocycles. The second-order valence-electron chi connectivity index (χ2n) is 9.36. The summed E-state index contributed by atoms with van der Waals surface area (Å²) >= 11 is 0. The van der Waals surface area contributed by atoms with E-state index in [-0.39, 0.29) is 5.75 Å². The highest BCUT2D eigenvalue weighted by molar-refractivity contribution is 6.02. The molecular formula is C31H35N3O7. The van der Waals surface area contributed by atoms with Crippen LogP contribution in [0.15, 0.2) is 60.7 Å². The average Bonchev–Trinajstić information content (AvgIpc) is 3.00. The van der Waals surface area contributed by atoms with E-state index < -0.39 is 11.9 Å². The van der Waals surface area contributed by atoms with Gasteiger partial charge in [0.25, 0.3) is 0 Å². The Morgan fingerprint density at radius 3 is 1.98 bits per heavy atom. The Morgan fingerprint density at radius 1 is 0.756 bits per heavy atom. The monoisotopic (exact) mass is 561 g/mol. The predicted octanol–water partition coefficient (Wildman–Crippen LogP) is 4.34. The van der Waals surface area contributed by atoms with E-state index in [4.69, 9.17) is 23.7 Å². The van der Waals surface area contributed by atoms with Crippen LogP contribution in [0.2, 0.25) is 0 Å². The lowest BCUT2D eigenvalue weighted by atomic mass is 10.1. The number of carbonyl (C=O) groups is 2. The van der Waals surface area contributed by atoms with Crippen molar-refractivity contribution >= 4 is 29.3 Å².